The molecular formula is C6H10O2. The van der Waals surface area contributed by atoms with Crippen LogP contribution in [0.25, 0.3) is 0 Å². The molecule has 0 amide bonds. The first-order valence-electron chi connectivity index (χ1n) is 2.77. The van der Waals surface area contributed by atoms with E-state index in [0.29, 0.717) is 6.61 Å². The summed E-state index contributed by atoms with van der Waals surface area (Å²) in [7, 11) is 0. The fourth-order valence-corrected chi connectivity index (χ4v) is 0.632. The van der Waals surface area contributed by atoms with Crippen LogP contribution in [-0.4, -0.2) is 17.8 Å². The Morgan fingerprint density at radius 1 is 1.75 bits per heavy atom. The maximum Gasteiger partial charge on any atom is 0.0926 e. The van der Waals surface area contributed by atoms with E-state index in [4.69, 9.17) is 9.84 Å². The Balaban J connectivity index is 2.47. The Morgan fingerprint density at radius 2 is 2.50 bits per heavy atom. The molecule has 0 saturated carbocycles. The second-order valence-corrected chi connectivity index (χ2v) is 2.13. The molecule has 1 aliphatic heterocycles. The van der Waals surface area contributed by atoms with E-state index in [0.717, 1.165) is 0 Å². The quantitative estimate of drug-likeness (QED) is 0.497. The molecule has 0 fully saturated rings. The third-order valence-corrected chi connectivity index (χ3v) is 1.31. The Labute approximate surface area is 48.8 Å². The summed E-state index contributed by atoms with van der Waals surface area (Å²) in [6.07, 6.45) is 2.91. The summed E-state index contributed by atoms with van der Waals surface area (Å²) in [4.78, 5) is 0. The van der Waals surface area contributed by atoms with E-state index in [1.54, 1.807) is 12.3 Å². The highest BCUT2D eigenvalue weighted by atomic mass is 16.5. The molecule has 0 aliphatic carbocycles. The molecule has 1 rings (SSSR count). The number of rotatable bonds is 0. The van der Waals surface area contributed by atoms with Gasteiger partial charge in [0.1, 0.15) is 0 Å². The lowest BCUT2D eigenvalue weighted by Gasteiger charge is -2.18. The second kappa shape index (κ2) is 2.18. The zero-order valence-corrected chi connectivity index (χ0v) is 4.87. The second-order valence-electron chi connectivity index (χ2n) is 2.13. The third kappa shape index (κ3) is 1.01. The number of aliphatic hydroxyl groups is 1. The first-order chi connectivity index (χ1) is 3.80. The molecule has 8 heavy (non-hydrogen) atoms. The van der Waals surface area contributed by atoms with Crippen LogP contribution in [0.15, 0.2) is 12.3 Å². The van der Waals surface area contributed by atoms with Crippen molar-refractivity contribution in [3.63, 3.8) is 0 Å². The average molecular weight is 114 g/mol. The highest BCUT2D eigenvalue weighted by molar-refractivity contribution is 4.89. The summed E-state index contributed by atoms with van der Waals surface area (Å²) in [6.45, 7) is 2.59. The van der Waals surface area contributed by atoms with Gasteiger partial charge in [0.05, 0.1) is 19.0 Å². The van der Waals surface area contributed by atoms with Gasteiger partial charge in [0.15, 0.2) is 0 Å². The monoisotopic (exact) mass is 114 g/mol. The minimum absolute atomic E-state index is 0.250. The van der Waals surface area contributed by atoms with Crippen molar-refractivity contribution in [1.29, 1.82) is 0 Å². The zero-order chi connectivity index (χ0) is 5.98. The standard InChI is InChI=1S/C6H10O2/c1-5-4-8-3-2-6(5)7/h2-3,5-7H,4H2,1H3/t5-,6?/m0/s1. The Bertz CT molecular complexity index is 98.7. The molecule has 0 spiro atoms. The normalized spacial score (nSPS) is 36.8. The summed E-state index contributed by atoms with van der Waals surface area (Å²) in [6, 6.07) is 0. The van der Waals surface area contributed by atoms with E-state index in [1.165, 1.54) is 0 Å². The minimum Gasteiger partial charge on any atom is -0.501 e. The molecule has 0 aromatic heterocycles. The van der Waals surface area contributed by atoms with Crippen molar-refractivity contribution in [1.82, 2.24) is 0 Å². The maximum absolute atomic E-state index is 9.01. The van der Waals surface area contributed by atoms with Gasteiger partial charge in [0.2, 0.25) is 0 Å². The average Bonchev–Trinajstić information content (AvgIpc) is 1.77. The molecule has 1 aliphatic rings. The molecule has 0 saturated heterocycles. The maximum atomic E-state index is 9.01. The molecule has 2 heteroatoms. The summed E-state index contributed by atoms with van der Waals surface area (Å²) in [5.41, 5.74) is 0. The number of aliphatic hydroxyl groups excluding tert-OH is 1. The van der Waals surface area contributed by atoms with Gasteiger partial charge in [-0.3, -0.25) is 0 Å². The smallest absolute Gasteiger partial charge is 0.0926 e. The van der Waals surface area contributed by atoms with Crippen molar-refractivity contribution in [2.45, 2.75) is 13.0 Å². The van der Waals surface area contributed by atoms with Crippen molar-refractivity contribution in [2.24, 2.45) is 5.92 Å². The van der Waals surface area contributed by atoms with Crippen molar-refractivity contribution >= 4 is 0 Å². The topological polar surface area (TPSA) is 29.5 Å². The fourth-order valence-electron chi connectivity index (χ4n) is 0.632. The van der Waals surface area contributed by atoms with Crippen LogP contribution in [0, 0.1) is 5.92 Å². The van der Waals surface area contributed by atoms with Crippen molar-refractivity contribution in [3.8, 4) is 0 Å². The van der Waals surface area contributed by atoms with Crippen LogP contribution in [0.4, 0.5) is 0 Å². The van der Waals surface area contributed by atoms with Gasteiger partial charge in [-0.2, -0.15) is 0 Å². The molecule has 46 valence electrons. The number of hydrogen-bond acceptors (Lipinski definition) is 2. The fraction of sp³-hybridized carbons (Fsp3) is 0.667. The Hall–Kier alpha value is -0.500. The molecule has 0 aromatic carbocycles. The zero-order valence-electron chi connectivity index (χ0n) is 4.87. The molecule has 1 N–H and O–H groups in total. The van der Waals surface area contributed by atoms with E-state index < -0.39 is 0 Å². The van der Waals surface area contributed by atoms with Crippen molar-refractivity contribution in [3.05, 3.63) is 12.3 Å². The van der Waals surface area contributed by atoms with Crippen LogP contribution < -0.4 is 0 Å². The first-order valence-corrected chi connectivity index (χ1v) is 2.77. The lowest BCUT2D eigenvalue weighted by Crippen LogP contribution is -2.22. The molecule has 1 unspecified atom stereocenters. The molecule has 0 bridgehead atoms. The van der Waals surface area contributed by atoms with E-state index in [-0.39, 0.29) is 12.0 Å². The molecule has 1 heterocycles. The van der Waals surface area contributed by atoms with E-state index in [1.807, 2.05) is 6.92 Å². The van der Waals surface area contributed by atoms with Crippen molar-refractivity contribution < 1.29 is 9.84 Å². The summed E-state index contributed by atoms with van der Waals surface area (Å²) >= 11 is 0. The largest absolute Gasteiger partial charge is 0.501 e. The van der Waals surface area contributed by atoms with Gasteiger partial charge in [-0.05, 0) is 6.08 Å². The van der Waals surface area contributed by atoms with Gasteiger partial charge in [-0.15, -0.1) is 0 Å². The first kappa shape index (κ1) is 5.63. The lowest BCUT2D eigenvalue weighted by molar-refractivity contribution is 0.0780. The molecule has 0 aromatic rings. The summed E-state index contributed by atoms with van der Waals surface area (Å²) in [5, 5.41) is 9.01. The van der Waals surface area contributed by atoms with Gasteiger partial charge in [0.25, 0.3) is 0 Å². The molecule has 2 atom stereocenters. The van der Waals surface area contributed by atoms with Gasteiger partial charge in [0, 0.05) is 5.92 Å². The van der Waals surface area contributed by atoms with Crippen LogP contribution in [0.2, 0.25) is 0 Å². The van der Waals surface area contributed by atoms with Gasteiger partial charge in [-0.1, -0.05) is 6.92 Å². The van der Waals surface area contributed by atoms with Crippen LogP contribution in [0.3, 0.4) is 0 Å². The Kier molecular flexibility index (Phi) is 1.53. The highest BCUT2D eigenvalue weighted by Gasteiger charge is 2.13. The van der Waals surface area contributed by atoms with E-state index >= 15 is 0 Å². The predicted octanol–water partition coefficient (Wildman–Crippen LogP) is 0.527. The Morgan fingerprint density at radius 3 is 2.88 bits per heavy atom. The number of ether oxygens (including phenoxy) is 1. The number of hydrogen-bond donors (Lipinski definition) is 1. The summed E-state index contributed by atoms with van der Waals surface area (Å²) < 4.78 is 4.91. The third-order valence-electron chi connectivity index (χ3n) is 1.31. The van der Waals surface area contributed by atoms with Crippen LogP contribution in [0.1, 0.15) is 6.92 Å². The predicted molar refractivity (Wildman–Crippen MR) is 30.3 cm³/mol. The van der Waals surface area contributed by atoms with E-state index in [2.05, 4.69) is 0 Å². The molecule has 2 nitrogen and oxygen atoms in total. The minimum atomic E-state index is -0.302. The van der Waals surface area contributed by atoms with Gasteiger partial charge in [-0.25, -0.2) is 0 Å². The van der Waals surface area contributed by atoms with Crippen LogP contribution in [0.5, 0.6) is 0 Å². The van der Waals surface area contributed by atoms with Crippen molar-refractivity contribution in [2.75, 3.05) is 6.61 Å². The molecular weight excluding hydrogens is 104 g/mol. The van der Waals surface area contributed by atoms with Gasteiger partial charge >= 0.3 is 0 Å². The lowest BCUT2D eigenvalue weighted by atomic mass is 10.1. The van der Waals surface area contributed by atoms with E-state index in [9.17, 15) is 0 Å². The van der Waals surface area contributed by atoms with Crippen LogP contribution in [-0.2, 0) is 4.74 Å². The van der Waals surface area contributed by atoms with Gasteiger partial charge < -0.3 is 9.84 Å². The SMILES string of the molecule is C[C@H]1COC=CC1O. The summed E-state index contributed by atoms with van der Waals surface area (Å²) in [5.74, 6) is 0.250. The van der Waals surface area contributed by atoms with Crippen LogP contribution >= 0.6 is 0 Å². The molecule has 0 radical (unpaired) electrons. The highest BCUT2D eigenvalue weighted by Crippen LogP contribution is 2.09.